The third-order valence-electron chi connectivity index (χ3n) is 4.71. The first kappa shape index (κ1) is 20.3. The van der Waals surface area contributed by atoms with E-state index in [2.05, 4.69) is 4.98 Å². The number of benzene rings is 1. The maximum Gasteiger partial charge on any atom is 0.295 e. The van der Waals surface area contributed by atoms with E-state index in [9.17, 15) is 14.7 Å². The number of aliphatic hydroxyl groups excluding tert-OH is 1. The van der Waals surface area contributed by atoms with Gasteiger partial charge in [-0.3, -0.25) is 14.6 Å². The monoisotopic (exact) mass is 398 g/mol. The number of ketones is 1. The Kier molecular flexibility index (Phi) is 6.13. The fraction of sp³-hybridized carbons (Fsp3) is 0.286. The Morgan fingerprint density at radius 1 is 1.14 bits per heavy atom. The lowest BCUT2D eigenvalue weighted by molar-refractivity contribution is -0.140. The SMILES string of the molecule is COCCN1C(=O)C(=O)/C(=C(\O)c2ccc(OC)cc2OC)C1c1ccccn1. The number of carbonyl (C=O) groups excluding carboxylic acids is 2. The highest BCUT2D eigenvalue weighted by atomic mass is 16.5. The molecule has 1 aliphatic rings. The van der Waals surface area contributed by atoms with E-state index in [1.807, 2.05) is 0 Å². The Morgan fingerprint density at radius 2 is 1.93 bits per heavy atom. The first-order valence-corrected chi connectivity index (χ1v) is 8.94. The topological polar surface area (TPSA) is 98.2 Å². The summed E-state index contributed by atoms with van der Waals surface area (Å²) >= 11 is 0. The fourth-order valence-corrected chi connectivity index (χ4v) is 3.28. The molecule has 2 heterocycles. The first-order valence-electron chi connectivity index (χ1n) is 8.94. The summed E-state index contributed by atoms with van der Waals surface area (Å²) in [6.07, 6.45) is 1.57. The summed E-state index contributed by atoms with van der Waals surface area (Å²) in [7, 11) is 4.46. The molecule has 0 saturated carbocycles. The molecule has 3 rings (SSSR count). The summed E-state index contributed by atoms with van der Waals surface area (Å²) in [6.45, 7) is 0.418. The van der Waals surface area contributed by atoms with Crippen molar-refractivity contribution < 1.29 is 28.9 Å². The molecule has 1 fully saturated rings. The van der Waals surface area contributed by atoms with Gasteiger partial charge >= 0.3 is 0 Å². The number of hydrogen-bond acceptors (Lipinski definition) is 7. The molecule has 1 aromatic heterocycles. The number of pyridine rings is 1. The Hall–Kier alpha value is -3.39. The Bertz CT molecular complexity index is 941. The van der Waals surface area contributed by atoms with Gasteiger partial charge in [0.05, 0.1) is 37.7 Å². The zero-order valence-electron chi connectivity index (χ0n) is 16.4. The van der Waals surface area contributed by atoms with Crippen LogP contribution in [0.5, 0.6) is 11.5 Å². The molecule has 1 aromatic carbocycles. The number of methoxy groups -OCH3 is 3. The van der Waals surface area contributed by atoms with E-state index in [-0.39, 0.29) is 30.0 Å². The maximum atomic E-state index is 12.9. The van der Waals surface area contributed by atoms with E-state index in [1.165, 1.54) is 26.2 Å². The van der Waals surface area contributed by atoms with Crippen LogP contribution in [0.4, 0.5) is 0 Å². The number of aromatic nitrogens is 1. The van der Waals surface area contributed by atoms with Crippen molar-refractivity contribution in [3.63, 3.8) is 0 Å². The van der Waals surface area contributed by atoms with Crippen molar-refractivity contribution in [2.75, 3.05) is 34.5 Å². The van der Waals surface area contributed by atoms with Crippen molar-refractivity contribution in [3.8, 4) is 11.5 Å². The van der Waals surface area contributed by atoms with Gasteiger partial charge in [0, 0.05) is 25.9 Å². The Balaban J connectivity index is 2.18. The highest BCUT2D eigenvalue weighted by Crippen LogP contribution is 2.40. The van der Waals surface area contributed by atoms with Crippen LogP contribution in [0.1, 0.15) is 17.3 Å². The lowest BCUT2D eigenvalue weighted by atomic mass is 9.97. The molecular formula is C21H22N2O6. The van der Waals surface area contributed by atoms with Gasteiger partial charge in [-0.1, -0.05) is 6.07 Å². The van der Waals surface area contributed by atoms with Crippen molar-refractivity contribution in [1.29, 1.82) is 0 Å². The zero-order valence-corrected chi connectivity index (χ0v) is 16.4. The van der Waals surface area contributed by atoms with E-state index in [0.29, 0.717) is 17.2 Å². The van der Waals surface area contributed by atoms with Crippen LogP contribution in [-0.4, -0.2) is 61.2 Å². The second-order valence-electron chi connectivity index (χ2n) is 6.31. The average molecular weight is 398 g/mol. The molecule has 29 heavy (non-hydrogen) atoms. The van der Waals surface area contributed by atoms with Crippen molar-refractivity contribution in [2.24, 2.45) is 0 Å². The molecule has 1 aliphatic heterocycles. The fourth-order valence-electron chi connectivity index (χ4n) is 3.28. The molecule has 1 atom stereocenters. The highest BCUT2D eigenvalue weighted by molar-refractivity contribution is 6.46. The van der Waals surface area contributed by atoms with Crippen molar-refractivity contribution in [3.05, 3.63) is 59.4 Å². The standard InChI is InChI=1S/C21H22N2O6/c1-27-11-10-23-18(15-6-4-5-9-22-15)17(20(25)21(23)26)19(24)14-8-7-13(28-2)12-16(14)29-3/h4-9,12,18,24H,10-11H2,1-3H3/b19-17-. The second kappa shape index (κ2) is 8.74. The highest BCUT2D eigenvalue weighted by Gasteiger charge is 2.46. The number of hydrogen-bond donors (Lipinski definition) is 1. The van der Waals surface area contributed by atoms with Crippen molar-refractivity contribution >= 4 is 17.4 Å². The number of ether oxygens (including phenoxy) is 3. The number of rotatable bonds is 7. The molecule has 1 N–H and O–H groups in total. The van der Waals surface area contributed by atoms with E-state index >= 15 is 0 Å². The third kappa shape index (κ3) is 3.79. The van der Waals surface area contributed by atoms with E-state index in [1.54, 1.807) is 42.6 Å². The summed E-state index contributed by atoms with van der Waals surface area (Å²) in [5.41, 5.74) is 0.698. The van der Waals surface area contributed by atoms with Crippen LogP contribution < -0.4 is 9.47 Å². The summed E-state index contributed by atoms with van der Waals surface area (Å²) < 4.78 is 15.6. The largest absolute Gasteiger partial charge is 0.507 e. The van der Waals surface area contributed by atoms with Gasteiger partial charge in [-0.05, 0) is 24.3 Å². The number of carbonyl (C=O) groups is 2. The summed E-state index contributed by atoms with van der Waals surface area (Å²) in [5.74, 6) is -0.998. The van der Waals surface area contributed by atoms with E-state index < -0.39 is 17.7 Å². The molecule has 1 saturated heterocycles. The smallest absolute Gasteiger partial charge is 0.295 e. The molecular weight excluding hydrogens is 376 g/mol. The molecule has 0 bridgehead atoms. The van der Waals surface area contributed by atoms with Crippen LogP contribution in [0.3, 0.4) is 0 Å². The minimum atomic E-state index is -0.835. The number of nitrogens with zero attached hydrogens (tertiary/aromatic N) is 2. The molecule has 1 unspecified atom stereocenters. The quantitative estimate of drug-likeness (QED) is 0.434. The van der Waals surface area contributed by atoms with Crippen LogP contribution in [0, 0.1) is 0 Å². The molecule has 8 heteroatoms. The predicted octanol–water partition coefficient (Wildman–Crippen LogP) is 2.17. The van der Waals surface area contributed by atoms with E-state index in [0.717, 1.165) is 0 Å². The van der Waals surface area contributed by atoms with Crippen LogP contribution in [0.25, 0.3) is 5.76 Å². The lowest BCUT2D eigenvalue weighted by Gasteiger charge is -2.24. The average Bonchev–Trinajstić information content (AvgIpc) is 3.02. The van der Waals surface area contributed by atoms with Crippen LogP contribution in [-0.2, 0) is 14.3 Å². The lowest BCUT2D eigenvalue weighted by Crippen LogP contribution is -2.33. The van der Waals surface area contributed by atoms with Gasteiger partial charge in [0.2, 0.25) is 0 Å². The molecule has 8 nitrogen and oxygen atoms in total. The number of Topliss-reactive ketones (excluding diaryl/α,β-unsaturated/α-hetero) is 1. The number of amides is 1. The van der Waals surface area contributed by atoms with Crippen molar-refractivity contribution in [2.45, 2.75) is 6.04 Å². The van der Waals surface area contributed by atoms with Gasteiger partial charge < -0.3 is 24.2 Å². The number of likely N-dealkylation sites (tertiary alicyclic amines) is 1. The van der Waals surface area contributed by atoms with E-state index in [4.69, 9.17) is 14.2 Å². The van der Waals surface area contributed by atoms with Gasteiger partial charge in [-0.15, -0.1) is 0 Å². The Morgan fingerprint density at radius 3 is 2.55 bits per heavy atom. The third-order valence-corrected chi connectivity index (χ3v) is 4.71. The van der Waals surface area contributed by atoms with Gasteiger partial charge in [0.15, 0.2) is 0 Å². The minimum Gasteiger partial charge on any atom is -0.507 e. The molecule has 2 aromatic rings. The molecule has 152 valence electrons. The molecule has 0 radical (unpaired) electrons. The molecule has 0 spiro atoms. The van der Waals surface area contributed by atoms with Gasteiger partial charge in [-0.2, -0.15) is 0 Å². The summed E-state index contributed by atoms with van der Waals surface area (Å²) in [4.78, 5) is 31.2. The normalized spacial score (nSPS) is 18.2. The zero-order chi connectivity index (χ0) is 21.0. The van der Waals surface area contributed by atoms with Crippen LogP contribution in [0.15, 0.2) is 48.2 Å². The summed E-state index contributed by atoms with van der Waals surface area (Å²) in [5, 5.41) is 11.1. The van der Waals surface area contributed by atoms with Gasteiger partial charge in [0.25, 0.3) is 11.7 Å². The summed E-state index contributed by atoms with van der Waals surface area (Å²) in [6, 6.07) is 9.16. The maximum absolute atomic E-state index is 12.9. The molecule has 1 amide bonds. The van der Waals surface area contributed by atoms with Gasteiger partial charge in [-0.25, -0.2) is 0 Å². The van der Waals surface area contributed by atoms with Gasteiger partial charge in [0.1, 0.15) is 23.3 Å². The number of aliphatic hydroxyl groups is 1. The van der Waals surface area contributed by atoms with Crippen LogP contribution >= 0.6 is 0 Å². The molecule has 0 aliphatic carbocycles. The Labute approximate surface area is 168 Å². The predicted molar refractivity (Wildman–Crippen MR) is 105 cm³/mol. The minimum absolute atomic E-state index is 0.0479. The second-order valence-corrected chi connectivity index (χ2v) is 6.31. The van der Waals surface area contributed by atoms with Crippen molar-refractivity contribution in [1.82, 2.24) is 9.88 Å². The first-order chi connectivity index (χ1) is 14.0. The van der Waals surface area contributed by atoms with Crippen LogP contribution in [0.2, 0.25) is 0 Å².